The number of piperidine rings is 1. The summed E-state index contributed by atoms with van der Waals surface area (Å²) in [6, 6.07) is 1.82. The molecule has 2 heterocycles. The second kappa shape index (κ2) is 12.7. The number of rotatable bonds is 0. The summed E-state index contributed by atoms with van der Waals surface area (Å²) < 4.78 is 0. The van der Waals surface area contributed by atoms with E-state index in [1.165, 1.54) is 46.0 Å². The van der Waals surface area contributed by atoms with E-state index < -0.39 is 0 Å². The van der Waals surface area contributed by atoms with E-state index in [1.54, 1.807) is 0 Å². The molecule has 2 fully saturated rings. The van der Waals surface area contributed by atoms with Gasteiger partial charge < -0.3 is 10.1 Å². The quantitative estimate of drug-likeness (QED) is 0.681. The van der Waals surface area contributed by atoms with Gasteiger partial charge in [-0.25, -0.2) is 0 Å². The topological polar surface area (TPSA) is 29.1 Å². The van der Waals surface area contributed by atoms with E-state index >= 15 is 0 Å². The van der Waals surface area contributed by atoms with Crippen molar-refractivity contribution >= 4 is 5.78 Å². The number of carbonyl (C=O) groups excluding carboxylic acids is 1. The Morgan fingerprint density at radius 2 is 1.19 bits per heavy atom. The average molecular weight is 229 g/mol. The molecule has 0 spiro atoms. The van der Waals surface area contributed by atoms with Crippen LogP contribution in [0.15, 0.2) is 0 Å². The standard InChI is InChI=1S/C7H13N.C3H6O.2C2H6/c1-2-6-4-5-7(3-1)8-6;1-3(2)4;2*1-2/h6-8H,1-5H2;1-2H3;2*1-2H3. The third-order valence-corrected chi connectivity index (χ3v) is 2.44. The van der Waals surface area contributed by atoms with E-state index in [4.69, 9.17) is 0 Å². The van der Waals surface area contributed by atoms with E-state index in [0.29, 0.717) is 0 Å². The van der Waals surface area contributed by atoms with Crippen molar-refractivity contribution in [2.45, 2.75) is 85.7 Å². The lowest BCUT2D eigenvalue weighted by Gasteiger charge is -2.19. The fourth-order valence-electron chi connectivity index (χ4n) is 1.97. The predicted molar refractivity (Wildman–Crippen MR) is 72.8 cm³/mol. The molecular formula is C14H31NO. The Labute approximate surface area is 102 Å². The molecule has 2 bridgehead atoms. The van der Waals surface area contributed by atoms with Gasteiger partial charge >= 0.3 is 0 Å². The zero-order valence-electron chi connectivity index (χ0n) is 12.1. The first-order chi connectivity index (χ1) is 7.68. The Bertz CT molecular complexity index is 139. The third-order valence-electron chi connectivity index (χ3n) is 2.44. The Kier molecular flexibility index (Phi) is 14.3. The zero-order valence-corrected chi connectivity index (χ0v) is 12.1. The van der Waals surface area contributed by atoms with Crippen molar-refractivity contribution in [3.63, 3.8) is 0 Å². The van der Waals surface area contributed by atoms with Gasteiger partial charge in [-0.2, -0.15) is 0 Å². The van der Waals surface area contributed by atoms with Crippen LogP contribution in [0.25, 0.3) is 0 Å². The molecule has 16 heavy (non-hydrogen) atoms. The maximum atomic E-state index is 9.44. The van der Waals surface area contributed by atoms with Crippen molar-refractivity contribution in [3.8, 4) is 0 Å². The fraction of sp³-hybridized carbons (Fsp3) is 0.929. The highest BCUT2D eigenvalue weighted by atomic mass is 16.1. The van der Waals surface area contributed by atoms with Crippen LogP contribution in [-0.2, 0) is 4.79 Å². The van der Waals surface area contributed by atoms with Gasteiger partial charge in [-0.15, -0.1) is 0 Å². The summed E-state index contributed by atoms with van der Waals surface area (Å²) in [5.41, 5.74) is 0. The van der Waals surface area contributed by atoms with Crippen LogP contribution in [0.2, 0.25) is 0 Å². The first kappa shape index (κ1) is 18.0. The smallest absolute Gasteiger partial charge is 0.126 e. The molecule has 2 rings (SSSR count). The minimum absolute atomic E-state index is 0.167. The van der Waals surface area contributed by atoms with Gasteiger partial charge in [-0.3, -0.25) is 0 Å². The van der Waals surface area contributed by atoms with Gasteiger partial charge in [0.25, 0.3) is 0 Å². The maximum Gasteiger partial charge on any atom is 0.126 e. The molecule has 1 N–H and O–H groups in total. The van der Waals surface area contributed by atoms with Crippen LogP contribution < -0.4 is 5.32 Å². The fourth-order valence-corrected chi connectivity index (χ4v) is 1.97. The lowest BCUT2D eigenvalue weighted by atomic mass is 10.1. The number of hydrogen-bond donors (Lipinski definition) is 1. The summed E-state index contributed by atoms with van der Waals surface area (Å²) in [6.45, 7) is 11.1. The second-order valence-electron chi connectivity index (χ2n) is 3.98. The Hall–Kier alpha value is -0.370. The van der Waals surface area contributed by atoms with Gasteiger partial charge in [0.15, 0.2) is 0 Å². The summed E-state index contributed by atoms with van der Waals surface area (Å²) in [4.78, 5) is 9.44. The van der Waals surface area contributed by atoms with Gasteiger partial charge in [-0.05, 0) is 39.5 Å². The van der Waals surface area contributed by atoms with Gasteiger partial charge in [0, 0.05) is 12.1 Å². The SMILES string of the molecule is C1CC2CCC(C1)N2.CC.CC.CC(C)=O. The normalized spacial score (nSPS) is 24.9. The van der Waals surface area contributed by atoms with Crippen LogP contribution in [0, 0.1) is 0 Å². The van der Waals surface area contributed by atoms with Crippen molar-refractivity contribution in [3.05, 3.63) is 0 Å². The highest BCUT2D eigenvalue weighted by Crippen LogP contribution is 2.25. The Morgan fingerprint density at radius 3 is 1.44 bits per heavy atom. The zero-order chi connectivity index (χ0) is 13.0. The average Bonchev–Trinajstić information content (AvgIpc) is 2.63. The molecule has 0 aliphatic carbocycles. The first-order valence-electron chi connectivity index (χ1n) is 6.91. The molecule has 2 aliphatic heterocycles. The molecule has 0 aromatic heterocycles. The van der Waals surface area contributed by atoms with Crippen molar-refractivity contribution in [1.29, 1.82) is 0 Å². The van der Waals surface area contributed by atoms with Crippen molar-refractivity contribution in [2.75, 3.05) is 0 Å². The van der Waals surface area contributed by atoms with E-state index in [0.717, 1.165) is 12.1 Å². The summed E-state index contributed by atoms with van der Waals surface area (Å²) in [6.07, 6.45) is 7.25. The summed E-state index contributed by atoms with van der Waals surface area (Å²) in [5.74, 6) is 0.167. The molecule has 2 saturated heterocycles. The molecule has 0 aromatic rings. The largest absolute Gasteiger partial charge is 0.311 e. The summed E-state index contributed by atoms with van der Waals surface area (Å²) >= 11 is 0. The molecule has 2 aliphatic rings. The second-order valence-corrected chi connectivity index (χ2v) is 3.98. The lowest BCUT2D eigenvalue weighted by Crippen LogP contribution is -2.33. The van der Waals surface area contributed by atoms with Gasteiger partial charge in [0.05, 0.1) is 0 Å². The molecule has 2 unspecified atom stereocenters. The molecule has 2 nitrogen and oxygen atoms in total. The lowest BCUT2D eigenvalue weighted by molar-refractivity contribution is -0.114. The number of hydrogen-bond acceptors (Lipinski definition) is 2. The molecule has 2 heteroatoms. The minimum atomic E-state index is 0.167. The minimum Gasteiger partial charge on any atom is -0.311 e. The van der Waals surface area contributed by atoms with E-state index in [9.17, 15) is 4.79 Å². The van der Waals surface area contributed by atoms with Crippen LogP contribution in [0.5, 0.6) is 0 Å². The van der Waals surface area contributed by atoms with E-state index in [-0.39, 0.29) is 5.78 Å². The van der Waals surface area contributed by atoms with Gasteiger partial charge in [0.2, 0.25) is 0 Å². The molecule has 0 amide bonds. The van der Waals surface area contributed by atoms with Crippen LogP contribution in [0.1, 0.15) is 73.6 Å². The monoisotopic (exact) mass is 229 g/mol. The first-order valence-corrected chi connectivity index (χ1v) is 6.91. The summed E-state index contributed by atoms with van der Waals surface area (Å²) in [7, 11) is 0. The number of Topliss-reactive ketones (excluding diaryl/α,β-unsaturated/α-hetero) is 1. The molecule has 2 atom stereocenters. The van der Waals surface area contributed by atoms with Crippen molar-refractivity contribution in [2.24, 2.45) is 0 Å². The molecule has 98 valence electrons. The van der Waals surface area contributed by atoms with E-state index in [2.05, 4.69) is 5.32 Å². The highest BCUT2D eigenvalue weighted by molar-refractivity contribution is 5.72. The number of nitrogens with one attached hydrogen (secondary N) is 1. The van der Waals surface area contributed by atoms with Crippen LogP contribution >= 0.6 is 0 Å². The Morgan fingerprint density at radius 1 is 0.875 bits per heavy atom. The molecule has 0 saturated carbocycles. The van der Waals surface area contributed by atoms with Crippen LogP contribution in [0.4, 0.5) is 0 Å². The van der Waals surface area contributed by atoms with Crippen molar-refractivity contribution < 1.29 is 4.79 Å². The van der Waals surface area contributed by atoms with Crippen LogP contribution in [-0.4, -0.2) is 17.9 Å². The number of carbonyl (C=O) groups is 1. The van der Waals surface area contributed by atoms with Crippen molar-refractivity contribution in [1.82, 2.24) is 5.32 Å². The van der Waals surface area contributed by atoms with Gasteiger partial charge in [-0.1, -0.05) is 34.1 Å². The van der Waals surface area contributed by atoms with Crippen LogP contribution in [0.3, 0.4) is 0 Å². The highest BCUT2D eigenvalue weighted by Gasteiger charge is 2.26. The molecular weight excluding hydrogens is 198 g/mol. The number of ketones is 1. The number of fused-ring (bicyclic) bond motifs is 2. The Balaban J connectivity index is 0. The summed E-state index contributed by atoms with van der Waals surface area (Å²) in [5, 5.41) is 3.59. The van der Waals surface area contributed by atoms with Gasteiger partial charge in [0.1, 0.15) is 5.78 Å². The van der Waals surface area contributed by atoms with E-state index in [1.807, 2.05) is 27.7 Å². The third kappa shape index (κ3) is 10.2. The molecule has 0 aromatic carbocycles. The maximum absolute atomic E-state index is 9.44. The molecule has 0 radical (unpaired) electrons. The predicted octanol–water partition coefficient (Wildman–Crippen LogP) is 3.94.